The lowest BCUT2D eigenvalue weighted by Gasteiger charge is -2.32. The summed E-state index contributed by atoms with van der Waals surface area (Å²) < 4.78 is 29.0. The van der Waals surface area contributed by atoms with Gasteiger partial charge in [0.05, 0.1) is 25.2 Å². The van der Waals surface area contributed by atoms with Crippen molar-refractivity contribution in [2.75, 3.05) is 13.2 Å². The van der Waals surface area contributed by atoms with Crippen molar-refractivity contribution >= 4 is 12.0 Å². The molecule has 9 heteroatoms. The first-order valence-corrected chi connectivity index (χ1v) is 10.9. The third kappa shape index (κ3) is 4.40. The highest BCUT2D eigenvalue weighted by Crippen LogP contribution is 2.38. The van der Waals surface area contributed by atoms with Crippen molar-refractivity contribution in [2.45, 2.75) is 76.7 Å². The Hall–Kier alpha value is -2.04. The fourth-order valence-electron chi connectivity index (χ4n) is 4.48. The normalized spacial score (nSPS) is 33.2. The summed E-state index contributed by atoms with van der Waals surface area (Å²) >= 11 is 0. The molecular formula is C23H31NO8. The zero-order valence-electron chi connectivity index (χ0n) is 19.0. The maximum Gasteiger partial charge on any atom is 0.417 e. The summed E-state index contributed by atoms with van der Waals surface area (Å²) in [5, 5.41) is 10.8. The number of carbonyl (C=O) groups excluding carboxylic acids is 2. The second kappa shape index (κ2) is 8.39. The van der Waals surface area contributed by atoms with Gasteiger partial charge in [0.25, 0.3) is 0 Å². The number of hydrogen-bond acceptors (Lipinski definition) is 8. The topological polar surface area (TPSA) is 104 Å². The number of imide groups is 1. The van der Waals surface area contributed by atoms with Crippen LogP contribution in [0.2, 0.25) is 0 Å². The molecule has 1 N–H and O–H groups in total. The third-order valence-corrected chi connectivity index (χ3v) is 6.12. The highest BCUT2D eigenvalue weighted by atomic mass is 16.8. The number of rotatable bonds is 5. The number of cyclic esters (lactones) is 1. The minimum absolute atomic E-state index is 0.182. The lowest BCUT2D eigenvalue weighted by molar-refractivity contribution is -0.164. The molecule has 6 atom stereocenters. The Morgan fingerprint density at radius 3 is 2.12 bits per heavy atom. The fraction of sp³-hybridized carbons (Fsp3) is 0.652. The minimum atomic E-state index is -1.08. The van der Waals surface area contributed by atoms with Gasteiger partial charge in [-0.05, 0) is 33.3 Å². The van der Waals surface area contributed by atoms with Gasteiger partial charge < -0.3 is 28.8 Å². The molecule has 176 valence electrons. The highest BCUT2D eigenvalue weighted by Gasteiger charge is 2.58. The van der Waals surface area contributed by atoms with Gasteiger partial charge in [-0.25, -0.2) is 9.69 Å². The molecule has 0 saturated carbocycles. The van der Waals surface area contributed by atoms with E-state index in [-0.39, 0.29) is 13.2 Å². The van der Waals surface area contributed by atoms with Crippen molar-refractivity contribution in [1.29, 1.82) is 0 Å². The van der Waals surface area contributed by atoms with Crippen molar-refractivity contribution in [3.05, 3.63) is 35.9 Å². The van der Waals surface area contributed by atoms with Gasteiger partial charge in [0, 0.05) is 0 Å². The monoisotopic (exact) mass is 449 g/mol. The Balaban J connectivity index is 1.61. The number of benzene rings is 1. The van der Waals surface area contributed by atoms with Gasteiger partial charge in [-0.3, -0.25) is 4.79 Å². The SMILES string of the molecule is C[C@H](C(=O)N1C(=O)O[C@H]([C@H]2COC(C)(C)O2)[C@@H]1[C@H]1COC(C)(C)O1)[C@H](O)c1ccccc1. The summed E-state index contributed by atoms with van der Waals surface area (Å²) in [6.07, 6.45) is -3.86. The van der Waals surface area contributed by atoms with E-state index in [2.05, 4.69) is 0 Å². The second-order valence-electron chi connectivity index (χ2n) is 9.43. The van der Waals surface area contributed by atoms with Crippen LogP contribution in [0, 0.1) is 5.92 Å². The van der Waals surface area contributed by atoms with Crippen LogP contribution in [0.3, 0.4) is 0 Å². The van der Waals surface area contributed by atoms with Crippen molar-refractivity contribution in [3.63, 3.8) is 0 Å². The van der Waals surface area contributed by atoms with Gasteiger partial charge in [0.1, 0.15) is 18.2 Å². The Labute approximate surface area is 187 Å². The molecule has 0 aromatic heterocycles. The van der Waals surface area contributed by atoms with Crippen molar-refractivity contribution < 1.29 is 38.4 Å². The maximum atomic E-state index is 13.5. The first-order valence-electron chi connectivity index (χ1n) is 10.9. The van der Waals surface area contributed by atoms with E-state index in [9.17, 15) is 14.7 Å². The molecule has 0 unspecified atom stereocenters. The van der Waals surface area contributed by atoms with Gasteiger partial charge in [0.2, 0.25) is 5.91 Å². The number of hydrogen-bond donors (Lipinski definition) is 1. The molecule has 1 aromatic rings. The van der Waals surface area contributed by atoms with Crippen molar-refractivity contribution in [1.82, 2.24) is 4.90 Å². The Kier molecular flexibility index (Phi) is 6.06. The first-order chi connectivity index (χ1) is 15.0. The largest absolute Gasteiger partial charge is 0.441 e. The van der Waals surface area contributed by atoms with Gasteiger partial charge in [-0.15, -0.1) is 0 Å². The molecule has 3 aliphatic rings. The molecule has 3 fully saturated rings. The van der Waals surface area contributed by atoms with E-state index < -0.39 is 60.0 Å². The van der Waals surface area contributed by atoms with Gasteiger partial charge >= 0.3 is 6.09 Å². The Morgan fingerprint density at radius 2 is 1.59 bits per heavy atom. The van der Waals surface area contributed by atoms with Crippen LogP contribution in [0.15, 0.2) is 30.3 Å². The van der Waals surface area contributed by atoms with Crippen LogP contribution in [-0.4, -0.2) is 71.1 Å². The predicted octanol–water partition coefficient (Wildman–Crippen LogP) is 2.38. The Morgan fingerprint density at radius 1 is 1.03 bits per heavy atom. The molecule has 0 aliphatic carbocycles. The zero-order valence-corrected chi connectivity index (χ0v) is 19.0. The van der Waals surface area contributed by atoms with Crippen LogP contribution in [0.4, 0.5) is 4.79 Å². The average Bonchev–Trinajstić information content (AvgIpc) is 3.40. The molecule has 0 spiro atoms. The van der Waals surface area contributed by atoms with E-state index in [0.29, 0.717) is 5.56 Å². The molecule has 0 radical (unpaired) electrons. The lowest BCUT2D eigenvalue weighted by atomic mass is 9.94. The molecule has 9 nitrogen and oxygen atoms in total. The zero-order chi connectivity index (χ0) is 23.3. The highest BCUT2D eigenvalue weighted by molar-refractivity contribution is 5.95. The van der Waals surface area contributed by atoms with Crippen LogP contribution in [-0.2, 0) is 28.5 Å². The molecule has 2 amide bonds. The number of carbonyl (C=O) groups is 2. The molecule has 3 aliphatic heterocycles. The van der Waals surface area contributed by atoms with E-state index in [1.54, 1.807) is 58.9 Å². The minimum Gasteiger partial charge on any atom is -0.441 e. The first kappa shape index (κ1) is 23.1. The van der Waals surface area contributed by atoms with Crippen molar-refractivity contribution in [3.8, 4) is 0 Å². The van der Waals surface area contributed by atoms with Crippen LogP contribution in [0.25, 0.3) is 0 Å². The molecule has 1 aromatic carbocycles. The van der Waals surface area contributed by atoms with Gasteiger partial charge in [0.15, 0.2) is 17.7 Å². The number of aliphatic hydroxyl groups excluding tert-OH is 1. The van der Waals surface area contributed by atoms with E-state index in [1.165, 1.54) is 0 Å². The van der Waals surface area contributed by atoms with Crippen LogP contribution in [0.5, 0.6) is 0 Å². The second-order valence-corrected chi connectivity index (χ2v) is 9.43. The van der Waals surface area contributed by atoms with E-state index in [1.807, 2.05) is 6.07 Å². The molecule has 4 rings (SSSR count). The smallest absolute Gasteiger partial charge is 0.417 e. The summed E-state index contributed by atoms with van der Waals surface area (Å²) in [5.41, 5.74) is 0.588. The Bertz CT molecular complexity index is 857. The van der Waals surface area contributed by atoms with Crippen molar-refractivity contribution in [2.24, 2.45) is 5.92 Å². The molecular weight excluding hydrogens is 418 g/mol. The maximum absolute atomic E-state index is 13.5. The predicted molar refractivity (Wildman–Crippen MR) is 111 cm³/mol. The van der Waals surface area contributed by atoms with E-state index in [0.717, 1.165) is 4.90 Å². The molecule has 3 heterocycles. The number of amides is 2. The summed E-state index contributed by atoms with van der Waals surface area (Å²) in [6.45, 7) is 9.07. The third-order valence-electron chi connectivity index (χ3n) is 6.12. The average molecular weight is 450 g/mol. The van der Waals surface area contributed by atoms with Gasteiger partial charge in [-0.1, -0.05) is 37.3 Å². The summed E-state index contributed by atoms with van der Waals surface area (Å²) in [6, 6.07) is 8.07. The summed E-state index contributed by atoms with van der Waals surface area (Å²) in [5.74, 6) is -3.14. The lowest BCUT2D eigenvalue weighted by Crippen LogP contribution is -2.54. The number of ether oxygens (including phenoxy) is 5. The number of nitrogens with zero attached hydrogens (tertiary/aromatic N) is 1. The quantitative estimate of drug-likeness (QED) is 0.731. The van der Waals surface area contributed by atoms with Crippen LogP contribution < -0.4 is 0 Å². The molecule has 3 saturated heterocycles. The summed E-state index contributed by atoms with van der Waals surface area (Å²) in [7, 11) is 0. The van der Waals surface area contributed by atoms with E-state index >= 15 is 0 Å². The van der Waals surface area contributed by atoms with E-state index in [4.69, 9.17) is 23.7 Å². The fourth-order valence-corrected chi connectivity index (χ4v) is 4.48. The summed E-state index contributed by atoms with van der Waals surface area (Å²) in [4.78, 5) is 27.5. The van der Waals surface area contributed by atoms with Gasteiger partial charge in [-0.2, -0.15) is 0 Å². The molecule has 0 bridgehead atoms. The molecule has 32 heavy (non-hydrogen) atoms. The van der Waals surface area contributed by atoms with Crippen LogP contribution in [0.1, 0.15) is 46.3 Å². The number of aliphatic hydroxyl groups is 1. The van der Waals surface area contributed by atoms with Crippen LogP contribution >= 0.6 is 0 Å². The standard InChI is InChI=1S/C23H31NO8/c1-13(18(25)14-9-7-6-8-10-14)20(26)24-17(15-11-28-22(2,3)31-15)19(30-21(24)27)16-12-29-23(4,5)32-16/h6-10,13,15-19,25H,11-12H2,1-5H3/t13-,15+,16+,17-,18-,19+/m0/s1.